The Labute approximate surface area is 222 Å². The molecule has 0 aliphatic heterocycles. The van der Waals surface area contributed by atoms with Gasteiger partial charge < -0.3 is 10.6 Å². The van der Waals surface area contributed by atoms with Gasteiger partial charge in [-0.2, -0.15) is 0 Å². The molecule has 0 unspecified atom stereocenters. The number of nitrogens with zero attached hydrogens (tertiary/aromatic N) is 2. The van der Waals surface area contributed by atoms with Crippen LogP contribution in [-0.4, -0.2) is 23.6 Å². The van der Waals surface area contributed by atoms with Gasteiger partial charge in [-0.15, -0.1) is 0 Å². The summed E-state index contributed by atoms with van der Waals surface area (Å²) in [4.78, 5) is 7.08. The van der Waals surface area contributed by atoms with Crippen molar-refractivity contribution in [3.05, 3.63) is 107 Å². The molecular formula is C31H32ClF2N3. The molecule has 1 aromatic heterocycles. The Morgan fingerprint density at radius 3 is 2.11 bits per heavy atom. The maximum atomic E-state index is 13.7. The van der Waals surface area contributed by atoms with Crippen LogP contribution in [0.4, 0.5) is 14.5 Å². The van der Waals surface area contributed by atoms with Crippen LogP contribution in [0, 0.1) is 11.6 Å². The number of nitrogens with two attached hydrogens (primary N) is 1. The SMILES string of the molecule is NC1CCC(N(CCCC(c2ccc(F)cc2)c2ccc(F)cc2)c2ccnc3cc(Cl)ccc23)CC1. The lowest BCUT2D eigenvalue weighted by molar-refractivity contribution is 0.373. The molecule has 0 bridgehead atoms. The van der Waals surface area contributed by atoms with Crippen molar-refractivity contribution in [1.82, 2.24) is 4.98 Å². The van der Waals surface area contributed by atoms with E-state index in [1.54, 1.807) is 0 Å². The van der Waals surface area contributed by atoms with E-state index in [4.69, 9.17) is 17.3 Å². The Bertz CT molecular complexity index is 1270. The minimum atomic E-state index is -0.257. The van der Waals surface area contributed by atoms with Crippen molar-refractivity contribution in [1.29, 1.82) is 0 Å². The van der Waals surface area contributed by atoms with E-state index in [-0.39, 0.29) is 23.6 Å². The van der Waals surface area contributed by atoms with Gasteiger partial charge >= 0.3 is 0 Å². The fraction of sp³-hybridized carbons (Fsp3) is 0.323. The third-order valence-electron chi connectivity index (χ3n) is 7.61. The van der Waals surface area contributed by atoms with Crippen LogP contribution in [0.25, 0.3) is 10.9 Å². The van der Waals surface area contributed by atoms with Crippen LogP contribution in [-0.2, 0) is 0 Å². The molecule has 0 radical (unpaired) electrons. The first-order valence-corrected chi connectivity index (χ1v) is 13.4. The highest BCUT2D eigenvalue weighted by Crippen LogP contribution is 2.35. The Balaban J connectivity index is 1.42. The summed E-state index contributed by atoms with van der Waals surface area (Å²) in [5.74, 6) is -0.461. The maximum Gasteiger partial charge on any atom is 0.123 e. The topological polar surface area (TPSA) is 42.1 Å². The van der Waals surface area contributed by atoms with Crippen molar-refractivity contribution in [2.45, 2.75) is 56.5 Å². The first-order valence-electron chi connectivity index (χ1n) is 13.1. The molecule has 192 valence electrons. The number of pyridine rings is 1. The summed E-state index contributed by atoms with van der Waals surface area (Å²) in [7, 11) is 0. The molecular weight excluding hydrogens is 488 g/mol. The summed E-state index contributed by atoms with van der Waals surface area (Å²) in [6.45, 7) is 0.862. The molecule has 1 fully saturated rings. The molecule has 6 heteroatoms. The minimum absolute atomic E-state index is 0.0517. The molecule has 5 rings (SSSR count). The minimum Gasteiger partial charge on any atom is -0.368 e. The van der Waals surface area contributed by atoms with E-state index in [1.165, 1.54) is 30.0 Å². The van der Waals surface area contributed by atoms with Crippen molar-refractivity contribution in [2.24, 2.45) is 5.73 Å². The lowest BCUT2D eigenvalue weighted by Crippen LogP contribution is -2.41. The van der Waals surface area contributed by atoms with E-state index < -0.39 is 0 Å². The van der Waals surface area contributed by atoms with Crippen LogP contribution in [0.3, 0.4) is 0 Å². The summed E-state index contributed by atoms with van der Waals surface area (Å²) < 4.78 is 27.3. The lowest BCUT2D eigenvalue weighted by Gasteiger charge is -2.38. The highest BCUT2D eigenvalue weighted by atomic mass is 35.5. The normalized spacial score (nSPS) is 17.9. The van der Waals surface area contributed by atoms with Crippen molar-refractivity contribution >= 4 is 28.2 Å². The van der Waals surface area contributed by atoms with Crippen molar-refractivity contribution in [3.63, 3.8) is 0 Å². The van der Waals surface area contributed by atoms with Gasteiger partial charge in [0, 0.05) is 46.8 Å². The van der Waals surface area contributed by atoms with E-state index in [9.17, 15) is 8.78 Å². The highest BCUT2D eigenvalue weighted by molar-refractivity contribution is 6.31. The molecule has 3 nitrogen and oxygen atoms in total. The van der Waals surface area contributed by atoms with Crippen LogP contribution >= 0.6 is 11.6 Å². The summed E-state index contributed by atoms with van der Waals surface area (Å²) in [5, 5.41) is 1.77. The van der Waals surface area contributed by atoms with Gasteiger partial charge in [-0.3, -0.25) is 4.98 Å². The zero-order valence-corrected chi connectivity index (χ0v) is 21.5. The first-order chi connectivity index (χ1) is 18.0. The van der Waals surface area contributed by atoms with Crippen LogP contribution in [0.5, 0.6) is 0 Å². The summed E-state index contributed by atoms with van der Waals surface area (Å²) >= 11 is 6.26. The van der Waals surface area contributed by atoms with Crippen LogP contribution in [0.15, 0.2) is 79.0 Å². The largest absolute Gasteiger partial charge is 0.368 e. The number of hydrogen-bond donors (Lipinski definition) is 1. The van der Waals surface area contributed by atoms with E-state index in [1.807, 2.05) is 42.6 Å². The molecule has 0 saturated heterocycles. The number of hydrogen-bond acceptors (Lipinski definition) is 3. The monoisotopic (exact) mass is 519 g/mol. The fourth-order valence-corrected chi connectivity index (χ4v) is 5.82. The Morgan fingerprint density at radius 1 is 0.865 bits per heavy atom. The first kappa shape index (κ1) is 25.6. The number of halogens is 3. The molecule has 4 aromatic rings. The van der Waals surface area contributed by atoms with Gasteiger partial charge in [-0.25, -0.2) is 8.78 Å². The molecule has 0 spiro atoms. The second-order valence-electron chi connectivity index (χ2n) is 10.1. The number of aromatic nitrogens is 1. The van der Waals surface area contributed by atoms with E-state index in [0.717, 1.165) is 67.1 Å². The Kier molecular flexibility index (Phi) is 8.02. The molecule has 2 N–H and O–H groups in total. The standard InChI is InChI=1S/C31H32ClF2N3/c32-23-7-16-29-30(20-23)36-18-17-31(29)37(27-14-12-26(35)13-15-27)19-1-2-28(21-3-8-24(33)9-4-21)22-5-10-25(34)11-6-22/h3-11,16-18,20,26-28H,1-2,12-15,19,35H2. The van der Waals surface area contributed by atoms with E-state index in [0.29, 0.717) is 11.1 Å². The molecule has 0 amide bonds. The maximum absolute atomic E-state index is 13.7. The zero-order chi connectivity index (χ0) is 25.8. The van der Waals surface area contributed by atoms with Gasteiger partial charge in [0.05, 0.1) is 5.52 Å². The van der Waals surface area contributed by atoms with Gasteiger partial charge in [-0.05, 0) is 98.2 Å². The van der Waals surface area contributed by atoms with Gasteiger partial charge in [0.25, 0.3) is 0 Å². The molecule has 37 heavy (non-hydrogen) atoms. The van der Waals surface area contributed by atoms with Crippen molar-refractivity contribution in [2.75, 3.05) is 11.4 Å². The third kappa shape index (κ3) is 6.11. The summed E-state index contributed by atoms with van der Waals surface area (Å²) in [6, 6.07) is 22.0. The van der Waals surface area contributed by atoms with E-state index in [2.05, 4.69) is 22.0 Å². The van der Waals surface area contributed by atoms with Gasteiger partial charge in [0.1, 0.15) is 11.6 Å². The summed E-state index contributed by atoms with van der Waals surface area (Å²) in [6.07, 6.45) is 7.77. The zero-order valence-electron chi connectivity index (χ0n) is 20.8. The molecule has 3 aromatic carbocycles. The predicted octanol–water partition coefficient (Wildman–Crippen LogP) is 7.86. The van der Waals surface area contributed by atoms with Gasteiger partial charge in [0.2, 0.25) is 0 Å². The molecule has 0 atom stereocenters. The van der Waals surface area contributed by atoms with E-state index >= 15 is 0 Å². The van der Waals surface area contributed by atoms with Crippen LogP contribution < -0.4 is 10.6 Å². The fourth-order valence-electron chi connectivity index (χ4n) is 5.65. The average molecular weight is 520 g/mol. The number of rotatable bonds is 8. The van der Waals surface area contributed by atoms with Crippen molar-refractivity contribution < 1.29 is 8.78 Å². The van der Waals surface area contributed by atoms with Gasteiger partial charge in [-0.1, -0.05) is 35.9 Å². The van der Waals surface area contributed by atoms with Gasteiger partial charge in [0.15, 0.2) is 0 Å². The smallest absolute Gasteiger partial charge is 0.123 e. The predicted molar refractivity (Wildman–Crippen MR) is 148 cm³/mol. The molecule has 1 heterocycles. The van der Waals surface area contributed by atoms with Crippen LogP contribution in [0.1, 0.15) is 55.6 Å². The molecule has 1 aliphatic rings. The number of fused-ring (bicyclic) bond motifs is 1. The Hall–Kier alpha value is -3.02. The highest BCUT2D eigenvalue weighted by Gasteiger charge is 2.26. The van der Waals surface area contributed by atoms with Crippen molar-refractivity contribution in [3.8, 4) is 0 Å². The molecule has 1 aliphatic carbocycles. The molecule has 1 saturated carbocycles. The second kappa shape index (κ2) is 11.6. The third-order valence-corrected chi connectivity index (χ3v) is 7.84. The summed E-state index contributed by atoms with van der Waals surface area (Å²) in [5.41, 5.74) is 10.4. The lowest BCUT2D eigenvalue weighted by atomic mass is 9.86. The number of anilines is 1. The number of benzene rings is 3. The van der Waals surface area contributed by atoms with Crippen LogP contribution in [0.2, 0.25) is 5.02 Å². The second-order valence-corrected chi connectivity index (χ2v) is 10.5. The average Bonchev–Trinajstić information content (AvgIpc) is 2.91. The Morgan fingerprint density at radius 2 is 1.49 bits per heavy atom. The quantitative estimate of drug-likeness (QED) is 0.257.